The van der Waals surface area contributed by atoms with E-state index >= 15 is 0 Å². The number of carbonyl (C=O) groups excluding carboxylic acids is 1. The van der Waals surface area contributed by atoms with Crippen LogP contribution in [-0.2, 0) is 15.1 Å². The molecule has 2 aromatic carbocycles. The summed E-state index contributed by atoms with van der Waals surface area (Å²) in [6.07, 6.45) is 4.52. The van der Waals surface area contributed by atoms with Crippen LogP contribution in [0.1, 0.15) is 36.8 Å². The van der Waals surface area contributed by atoms with E-state index in [1.807, 2.05) is 65.6 Å². The largest absolute Gasteiger partial charge is 0.359 e. The van der Waals surface area contributed by atoms with E-state index in [2.05, 4.69) is 0 Å². The molecule has 1 saturated heterocycles. The van der Waals surface area contributed by atoms with Crippen molar-refractivity contribution in [3.05, 3.63) is 71.8 Å². The summed E-state index contributed by atoms with van der Waals surface area (Å²) >= 11 is 0. The van der Waals surface area contributed by atoms with Crippen molar-refractivity contribution in [1.82, 2.24) is 4.90 Å². The standard InChI is InChI=1S/C21H25NO2/c1-24-21(18-12-6-4-7-13-18,19-14-8-5-9-15-19)20(23)22-16-10-2-3-11-17-22/h4-9,12-15H,2-3,10-11,16-17H2,1H3. The fraction of sp³-hybridized carbons (Fsp3) is 0.381. The van der Waals surface area contributed by atoms with Crippen LogP contribution in [-0.4, -0.2) is 31.0 Å². The summed E-state index contributed by atoms with van der Waals surface area (Å²) in [5, 5.41) is 0. The Labute approximate surface area is 144 Å². The second-order valence-corrected chi connectivity index (χ2v) is 6.32. The fourth-order valence-corrected chi connectivity index (χ4v) is 3.58. The van der Waals surface area contributed by atoms with Crippen LogP contribution in [0.25, 0.3) is 0 Å². The van der Waals surface area contributed by atoms with Gasteiger partial charge in [-0.2, -0.15) is 0 Å². The van der Waals surface area contributed by atoms with E-state index in [0.717, 1.165) is 37.1 Å². The highest BCUT2D eigenvalue weighted by molar-refractivity contribution is 5.90. The smallest absolute Gasteiger partial charge is 0.264 e. The van der Waals surface area contributed by atoms with Crippen LogP contribution in [0.2, 0.25) is 0 Å². The Morgan fingerprint density at radius 3 is 1.71 bits per heavy atom. The van der Waals surface area contributed by atoms with Gasteiger partial charge in [0.05, 0.1) is 0 Å². The third kappa shape index (κ3) is 3.09. The lowest BCUT2D eigenvalue weighted by atomic mass is 9.84. The number of ether oxygens (including phenoxy) is 1. The number of likely N-dealkylation sites (tertiary alicyclic amines) is 1. The summed E-state index contributed by atoms with van der Waals surface area (Å²) in [5.74, 6) is 0.0456. The third-order valence-corrected chi connectivity index (χ3v) is 4.86. The average molecular weight is 323 g/mol. The quantitative estimate of drug-likeness (QED) is 0.852. The lowest BCUT2D eigenvalue weighted by molar-refractivity contribution is -0.151. The zero-order valence-electron chi connectivity index (χ0n) is 14.3. The maximum atomic E-state index is 13.6. The van der Waals surface area contributed by atoms with Gasteiger partial charge in [-0.1, -0.05) is 73.5 Å². The maximum absolute atomic E-state index is 13.6. The van der Waals surface area contributed by atoms with Crippen molar-refractivity contribution in [3.63, 3.8) is 0 Å². The van der Waals surface area contributed by atoms with Gasteiger partial charge < -0.3 is 9.64 Å². The molecule has 1 heterocycles. The molecule has 3 heteroatoms. The normalized spacial score (nSPS) is 15.8. The van der Waals surface area contributed by atoms with E-state index in [4.69, 9.17) is 4.74 Å². The summed E-state index contributed by atoms with van der Waals surface area (Å²) in [7, 11) is 1.63. The van der Waals surface area contributed by atoms with Crippen LogP contribution in [0.3, 0.4) is 0 Å². The van der Waals surface area contributed by atoms with Crippen LogP contribution >= 0.6 is 0 Å². The molecular weight excluding hydrogens is 298 g/mol. The lowest BCUT2D eigenvalue weighted by Gasteiger charge is -2.36. The predicted octanol–water partition coefficient (Wildman–Crippen LogP) is 3.98. The molecule has 1 amide bonds. The molecule has 0 aromatic heterocycles. The Kier molecular flexibility index (Phi) is 5.31. The second-order valence-electron chi connectivity index (χ2n) is 6.32. The predicted molar refractivity (Wildman–Crippen MR) is 95.7 cm³/mol. The van der Waals surface area contributed by atoms with Gasteiger partial charge in [-0.3, -0.25) is 4.79 Å². The van der Waals surface area contributed by atoms with Crippen molar-refractivity contribution in [3.8, 4) is 0 Å². The van der Waals surface area contributed by atoms with Gasteiger partial charge in [-0.05, 0) is 24.0 Å². The van der Waals surface area contributed by atoms with Gasteiger partial charge in [0.2, 0.25) is 0 Å². The first-order chi connectivity index (χ1) is 11.8. The fourth-order valence-electron chi connectivity index (χ4n) is 3.58. The molecule has 3 nitrogen and oxygen atoms in total. The SMILES string of the molecule is COC(C(=O)N1CCCCCC1)(c1ccccc1)c1ccccc1. The van der Waals surface area contributed by atoms with E-state index in [1.165, 1.54) is 12.8 Å². The molecule has 0 spiro atoms. The van der Waals surface area contributed by atoms with Gasteiger partial charge in [0.25, 0.3) is 5.91 Å². The number of hydrogen-bond acceptors (Lipinski definition) is 2. The van der Waals surface area contributed by atoms with Crippen LogP contribution in [0.4, 0.5) is 0 Å². The molecule has 24 heavy (non-hydrogen) atoms. The summed E-state index contributed by atoms with van der Waals surface area (Å²) in [6.45, 7) is 1.62. The zero-order valence-corrected chi connectivity index (χ0v) is 14.3. The zero-order chi connectivity index (χ0) is 16.8. The van der Waals surface area contributed by atoms with Crippen LogP contribution < -0.4 is 0 Å². The molecular formula is C21H25NO2. The van der Waals surface area contributed by atoms with Gasteiger partial charge in [-0.25, -0.2) is 0 Å². The van der Waals surface area contributed by atoms with Gasteiger partial charge in [0.15, 0.2) is 5.60 Å². The number of hydrogen-bond donors (Lipinski definition) is 0. The minimum Gasteiger partial charge on any atom is -0.359 e. The van der Waals surface area contributed by atoms with E-state index in [9.17, 15) is 4.79 Å². The van der Waals surface area contributed by atoms with E-state index in [1.54, 1.807) is 7.11 Å². The minimum absolute atomic E-state index is 0.0456. The van der Waals surface area contributed by atoms with Crippen LogP contribution in [0.5, 0.6) is 0 Å². The van der Waals surface area contributed by atoms with Crippen molar-refractivity contribution in [2.45, 2.75) is 31.3 Å². The van der Waals surface area contributed by atoms with E-state index < -0.39 is 5.60 Å². The van der Waals surface area contributed by atoms with Gasteiger partial charge in [0, 0.05) is 20.2 Å². The Morgan fingerprint density at radius 1 is 0.833 bits per heavy atom. The Balaban J connectivity index is 2.09. The highest BCUT2D eigenvalue weighted by Gasteiger charge is 2.44. The van der Waals surface area contributed by atoms with Gasteiger partial charge in [0.1, 0.15) is 0 Å². The first kappa shape index (κ1) is 16.7. The summed E-state index contributed by atoms with van der Waals surface area (Å²) < 4.78 is 5.97. The van der Waals surface area contributed by atoms with Crippen molar-refractivity contribution in [2.75, 3.05) is 20.2 Å². The van der Waals surface area contributed by atoms with Gasteiger partial charge in [-0.15, -0.1) is 0 Å². The summed E-state index contributed by atoms with van der Waals surface area (Å²) in [5.41, 5.74) is 0.688. The Bertz CT molecular complexity index is 607. The summed E-state index contributed by atoms with van der Waals surface area (Å²) in [6, 6.07) is 19.7. The Hall–Kier alpha value is -2.13. The summed E-state index contributed by atoms with van der Waals surface area (Å²) in [4.78, 5) is 15.6. The van der Waals surface area contributed by atoms with Crippen molar-refractivity contribution >= 4 is 5.91 Å². The van der Waals surface area contributed by atoms with Crippen LogP contribution in [0.15, 0.2) is 60.7 Å². The molecule has 0 N–H and O–H groups in total. The number of benzene rings is 2. The molecule has 1 fully saturated rings. The molecule has 0 aliphatic carbocycles. The van der Waals surface area contributed by atoms with Crippen molar-refractivity contribution < 1.29 is 9.53 Å². The number of amides is 1. The minimum atomic E-state index is -1.08. The molecule has 126 valence electrons. The van der Waals surface area contributed by atoms with Crippen molar-refractivity contribution in [1.29, 1.82) is 0 Å². The number of carbonyl (C=O) groups is 1. The molecule has 0 unspecified atom stereocenters. The molecule has 0 atom stereocenters. The highest BCUT2D eigenvalue weighted by Crippen LogP contribution is 2.35. The number of nitrogens with zero attached hydrogens (tertiary/aromatic N) is 1. The third-order valence-electron chi connectivity index (χ3n) is 4.86. The monoisotopic (exact) mass is 323 g/mol. The number of methoxy groups -OCH3 is 1. The average Bonchev–Trinajstić information content (AvgIpc) is 2.94. The topological polar surface area (TPSA) is 29.5 Å². The van der Waals surface area contributed by atoms with E-state index in [-0.39, 0.29) is 5.91 Å². The maximum Gasteiger partial charge on any atom is 0.264 e. The highest BCUT2D eigenvalue weighted by atomic mass is 16.5. The molecule has 1 aliphatic rings. The first-order valence-electron chi connectivity index (χ1n) is 8.74. The molecule has 1 aliphatic heterocycles. The number of rotatable bonds is 4. The van der Waals surface area contributed by atoms with E-state index in [0.29, 0.717) is 0 Å². The second kappa shape index (κ2) is 7.63. The lowest BCUT2D eigenvalue weighted by Crippen LogP contribution is -2.49. The van der Waals surface area contributed by atoms with Crippen LogP contribution in [0, 0.1) is 0 Å². The first-order valence-corrected chi connectivity index (χ1v) is 8.74. The molecule has 0 bridgehead atoms. The van der Waals surface area contributed by atoms with Crippen molar-refractivity contribution in [2.24, 2.45) is 0 Å². The Morgan fingerprint density at radius 2 is 1.29 bits per heavy atom. The van der Waals surface area contributed by atoms with Gasteiger partial charge >= 0.3 is 0 Å². The molecule has 3 rings (SSSR count). The molecule has 0 saturated carbocycles. The molecule has 0 radical (unpaired) electrons. The molecule has 2 aromatic rings.